The summed E-state index contributed by atoms with van der Waals surface area (Å²) in [5.74, 6) is -2.28. The predicted molar refractivity (Wildman–Crippen MR) is 124 cm³/mol. The minimum Gasteiger partial charge on any atom is -0.464 e. The van der Waals surface area contributed by atoms with Crippen molar-refractivity contribution in [1.82, 2.24) is 0 Å². The molecule has 0 fully saturated rings. The normalized spacial score (nSPS) is 16.6. The molecule has 0 radical (unpaired) electrons. The van der Waals surface area contributed by atoms with E-state index in [0.29, 0.717) is 6.42 Å². The topological polar surface area (TPSA) is 112 Å². The summed E-state index contributed by atoms with van der Waals surface area (Å²) in [5, 5.41) is 0. The van der Waals surface area contributed by atoms with Gasteiger partial charge in [-0.25, -0.2) is 0 Å². The van der Waals surface area contributed by atoms with Gasteiger partial charge in [0, 0.05) is 5.92 Å². The molecule has 0 saturated heterocycles. The van der Waals surface area contributed by atoms with Crippen LogP contribution >= 0.6 is 0 Å². The Labute approximate surface area is 189 Å². The molecule has 1 aliphatic carbocycles. The van der Waals surface area contributed by atoms with Gasteiger partial charge in [0.25, 0.3) is 0 Å². The average Bonchev–Trinajstić information content (AvgIpc) is 3.09. The van der Waals surface area contributed by atoms with Gasteiger partial charge in [-0.1, -0.05) is 62.4 Å². The molecule has 0 heterocycles. The predicted octanol–water partition coefficient (Wildman–Crippen LogP) is 3.21. The first-order valence-corrected chi connectivity index (χ1v) is 11.0. The number of ketones is 2. The van der Waals surface area contributed by atoms with Gasteiger partial charge in [0.1, 0.15) is 6.61 Å². The summed E-state index contributed by atoms with van der Waals surface area (Å²) < 4.78 is 5.66. The highest BCUT2D eigenvalue weighted by atomic mass is 16.5. The number of carbonyl (C=O) groups is 3. The molecule has 0 aliphatic heterocycles. The first-order valence-electron chi connectivity index (χ1n) is 11.0. The minimum atomic E-state index is -2.04. The lowest BCUT2D eigenvalue weighted by atomic mass is 9.75. The second-order valence-corrected chi connectivity index (χ2v) is 9.20. The molecule has 0 aromatic heterocycles. The van der Waals surface area contributed by atoms with Crippen LogP contribution < -0.4 is 11.5 Å². The van der Waals surface area contributed by atoms with E-state index in [1.54, 1.807) is 0 Å². The van der Waals surface area contributed by atoms with Gasteiger partial charge in [-0.15, -0.1) is 0 Å². The molecular weight excluding hydrogens is 404 g/mol. The van der Waals surface area contributed by atoms with Crippen molar-refractivity contribution < 1.29 is 19.1 Å². The minimum absolute atomic E-state index is 0.0153. The van der Waals surface area contributed by atoms with E-state index in [0.717, 1.165) is 22.3 Å². The molecule has 0 bridgehead atoms. The Balaban J connectivity index is 1.88. The van der Waals surface area contributed by atoms with Crippen molar-refractivity contribution in [2.75, 3.05) is 6.61 Å². The SMILES string of the molecule is CC(C)C[C@H](N)C(=O)C(C)(C(=O)OCC1c2ccccc2-c2ccccc21)C(=O)[C@H](C)N. The zero-order valence-electron chi connectivity index (χ0n) is 19.1. The van der Waals surface area contributed by atoms with Crippen LogP contribution in [0.5, 0.6) is 0 Å². The van der Waals surface area contributed by atoms with Gasteiger partial charge in [-0.3, -0.25) is 14.4 Å². The Morgan fingerprint density at radius 3 is 1.88 bits per heavy atom. The van der Waals surface area contributed by atoms with E-state index in [9.17, 15) is 14.4 Å². The van der Waals surface area contributed by atoms with Gasteiger partial charge in [-0.2, -0.15) is 0 Å². The Hall–Kier alpha value is -2.83. The van der Waals surface area contributed by atoms with Crippen LogP contribution in [0.1, 0.15) is 51.2 Å². The standard InChI is InChI=1S/C26H32N2O4/c1-15(2)13-22(28)24(30)26(4,23(29)16(3)27)25(31)32-14-21-19-11-7-5-9-17(19)18-10-6-8-12-20(18)21/h5-12,15-16,21-22H,13-14,27-28H2,1-4H3/t16-,22-,26?/m0/s1. The zero-order chi connectivity index (χ0) is 23.6. The van der Waals surface area contributed by atoms with E-state index in [-0.39, 0.29) is 18.4 Å². The molecule has 6 heteroatoms. The first kappa shape index (κ1) is 23.8. The number of rotatable bonds is 9. The molecule has 2 aromatic rings. The fourth-order valence-electron chi connectivity index (χ4n) is 4.51. The quantitative estimate of drug-likeness (QED) is 0.461. The van der Waals surface area contributed by atoms with E-state index in [1.807, 2.05) is 62.4 Å². The number of nitrogens with two attached hydrogens (primary N) is 2. The van der Waals surface area contributed by atoms with Gasteiger partial charge < -0.3 is 16.2 Å². The Morgan fingerprint density at radius 1 is 0.906 bits per heavy atom. The number of esters is 1. The third-order valence-electron chi connectivity index (χ3n) is 6.21. The number of hydrogen-bond acceptors (Lipinski definition) is 6. The van der Waals surface area contributed by atoms with E-state index in [1.165, 1.54) is 13.8 Å². The van der Waals surface area contributed by atoms with Crippen molar-refractivity contribution in [2.45, 2.75) is 52.1 Å². The monoisotopic (exact) mass is 436 g/mol. The molecule has 170 valence electrons. The van der Waals surface area contributed by atoms with Crippen molar-refractivity contribution in [1.29, 1.82) is 0 Å². The van der Waals surface area contributed by atoms with Crippen molar-refractivity contribution in [2.24, 2.45) is 22.8 Å². The molecule has 32 heavy (non-hydrogen) atoms. The molecule has 1 unspecified atom stereocenters. The molecule has 3 rings (SSSR count). The number of hydrogen-bond donors (Lipinski definition) is 2. The van der Waals surface area contributed by atoms with Gasteiger partial charge in [0.05, 0.1) is 12.1 Å². The summed E-state index contributed by atoms with van der Waals surface area (Å²) in [7, 11) is 0. The van der Waals surface area contributed by atoms with Crippen LogP contribution in [0.15, 0.2) is 48.5 Å². The van der Waals surface area contributed by atoms with E-state index in [4.69, 9.17) is 16.2 Å². The van der Waals surface area contributed by atoms with E-state index < -0.39 is 35.0 Å². The van der Waals surface area contributed by atoms with Crippen molar-refractivity contribution in [3.05, 3.63) is 59.7 Å². The molecule has 6 nitrogen and oxygen atoms in total. The van der Waals surface area contributed by atoms with Gasteiger partial charge in [0.2, 0.25) is 0 Å². The average molecular weight is 437 g/mol. The van der Waals surface area contributed by atoms with Crippen LogP contribution in [0.3, 0.4) is 0 Å². The smallest absolute Gasteiger partial charge is 0.327 e. The summed E-state index contributed by atoms with van der Waals surface area (Å²) >= 11 is 0. The lowest BCUT2D eigenvalue weighted by Gasteiger charge is -2.29. The zero-order valence-corrected chi connectivity index (χ0v) is 19.1. The van der Waals surface area contributed by atoms with E-state index >= 15 is 0 Å². The fourth-order valence-corrected chi connectivity index (χ4v) is 4.51. The highest BCUT2D eigenvalue weighted by Crippen LogP contribution is 2.44. The van der Waals surface area contributed by atoms with Crippen molar-refractivity contribution in [3.63, 3.8) is 0 Å². The highest BCUT2D eigenvalue weighted by Gasteiger charge is 2.52. The Kier molecular flexibility index (Phi) is 6.96. The van der Waals surface area contributed by atoms with Crippen LogP contribution in [0, 0.1) is 11.3 Å². The summed E-state index contributed by atoms with van der Waals surface area (Å²) in [6.45, 7) is 6.61. The third kappa shape index (κ3) is 4.25. The van der Waals surface area contributed by atoms with Crippen molar-refractivity contribution in [3.8, 4) is 11.1 Å². The lowest BCUT2D eigenvalue weighted by Crippen LogP contribution is -2.56. The maximum atomic E-state index is 13.2. The maximum absolute atomic E-state index is 13.2. The molecule has 3 atom stereocenters. The fraction of sp³-hybridized carbons (Fsp3) is 0.423. The summed E-state index contributed by atoms with van der Waals surface area (Å²) in [6.07, 6.45) is 0.358. The van der Waals surface area contributed by atoms with Crippen molar-refractivity contribution >= 4 is 17.5 Å². The molecule has 0 saturated carbocycles. The lowest BCUT2D eigenvalue weighted by molar-refractivity contribution is -0.164. The van der Waals surface area contributed by atoms with E-state index in [2.05, 4.69) is 0 Å². The molecule has 2 aromatic carbocycles. The number of Topliss-reactive ketones (excluding diaryl/α,β-unsaturated/α-hetero) is 2. The second kappa shape index (κ2) is 9.35. The Morgan fingerprint density at radius 2 is 1.41 bits per heavy atom. The van der Waals surface area contributed by atoms with Crippen LogP contribution in [-0.2, 0) is 19.1 Å². The number of carbonyl (C=O) groups excluding carboxylic acids is 3. The third-order valence-corrected chi connectivity index (χ3v) is 6.21. The molecule has 0 amide bonds. The molecular formula is C26H32N2O4. The van der Waals surface area contributed by atoms with Gasteiger partial charge in [0.15, 0.2) is 17.0 Å². The van der Waals surface area contributed by atoms with Crippen LogP contribution in [0.4, 0.5) is 0 Å². The van der Waals surface area contributed by atoms with Crippen LogP contribution in [0.2, 0.25) is 0 Å². The molecule has 1 aliphatic rings. The highest BCUT2D eigenvalue weighted by molar-refractivity contribution is 6.24. The van der Waals surface area contributed by atoms with Crippen LogP contribution in [-0.4, -0.2) is 36.2 Å². The summed E-state index contributed by atoms with van der Waals surface area (Å²) in [4.78, 5) is 39.4. The van der Waals surface area contributed by atoms with Crippen LogP contribution in [0.25, 0.3) is 11.1 Å². The molecule has 0 spiro atoms. The maximum Gasteiger partial charge on any atom is 0.327 e. The molecule has 4 N–H and O–H groups in total. The first-order chi connectivity index (χ1) is 15.1. The number of ether oxygens (including phenoxy) is 1. The second-order valence-electron chi connectivity index (χ2n) is 9.20. The van der Waals surface area contributed by atoms with Gasteiger partial charge in [-0.05, 0) is 48.4 Å². The summed E-state index contributed by atoms with van der Waals surface area (Å²) in [6, 6.07) is 13.9. The largest absolute Gasteiger partial charge is 0.464 e. The van der Waals surface area contributed by atoms with Gasteiger partial charge >= 0.3 is 5.97 Å². The Bertz CT molecular complexity index is 984. The number of benzene rings is 2. The summed E-state index contributed by atoms with van der Waals surface area (Å²) in [5.41, 5.74) is 14.1. The number of fused-ring (bicyclic) bond motifs is 3.